The molecule has 106 valence electrons. The van der Waals surface area contributed by atoms with Gasteiger partial charge in [0.1, 0.15) is 0 Å². The average Bonchev–Trinajstić information content (AvgIpc) is 2.96. The SMILES string of the molecule is Cc1ccc(SCc2noc(-c3ccc(N)cc3)n2)cc1. The molecule has 2 N–H and O–H groups in total. The van der Waals surface area contributed by atoms with Gasteiger partial charge in [-0.15, -0.1) is 11.8 Å². The number of aryl methyl sites for hydroxylation is 1. The summed E-state index contributed by atoms with van der Waals surface area (Å²) < 4.78 is 5.28. The summed E-state index contributed by atoms with van der Waals surface area (Å²) in [5.41, 5.74) is 8.51. The van der Waals surface area contributed by atoms with Crippen molar-refractivity contribution in [3.05, 3.63) is 59.9 Å². The zero-order valence-corrected chi connectivity index (χ0v) is 12.4. The Bertz CT molecular complexity index is 720. The van der Waals surface area contributed by atoms with E-state index in [0.29, 0.717) is 23.2 Å². The van der Waals surface area contributed by atoms with Crippen LogP contribution in [0.25, 0.3) is 11.5 Å². The number of thioether (sulfide) groups is 1. The number of hydrogen-bond donors (Lipinski definition) is 1. The van der Waals surface area contributed by atoms with Crippen LogP contribution in [0.2, 0.25) is 0 Å². The van der Waals surface area contributed by atoms with Crippen molar-refractivity contribution < 1.29 is 4.52 Å². The molecule has 2 aromatic carbocycles. The number of hydrogen-bond acceptors (Lipinski definition) is 5. The van der Waals surface area contributed by atoms with E-state index in [9.17, 15) is 0 Å². The maximum atomic E-state index is 5.66. The molecule has 21 heavy (non-hydrogen) atoms. The van der Waals surface area contributed by atoms with E-state index in [4.69, 9.17) is 10.3 Å². The molecule has 0 spiro atoms. The maximum absolute atomic E-state index is 5.66. The van der Waals surface area contributed by atoms with Crippen LogP contribution in [0.3, 0.4) is 0 Å². The number of nitrogens with two attached hydrogens (primary N) is 1. The van der Waals surface area contributed by atoms with Crippen LogP contribution in [0.4, 0.5) is 5.69 Å². The average molecular weight is 297 g/mol. The minimum atomic E-state index is 0.523. The zero-order chi connectivity index (χ0) is 14.7. The Balaban J connectivity index is 1.67. The van der Waals surface area contributed by atoms with Crippen molar-refractivity contribution in [3.63, 3.8) is 0 Å². The third-order valence-electron chi connectivity index (χ3n) is 3.01. The highest BCUT2D eigenvalue weighted by molar-refractivity contribution is 7.98. The van der Waals surface area contributed by atoms with Gasteiger partial charge in [0.2, 0.25) is 0 Å². The van der Waals surface area contributed by atoms with Gasteiger partial charge >= 0.3 is 0 Å². The van der Waals surface area contributed by atoms with Gasteiger partial charge in [-0.3, -0.25) is 0 Å². The number of nitrogen functional groups attached to an aromatic ring is 1. The van der Waals surface area contributed by atoms with Crippen molar-refractivity contribution in [3.8, 4) is 11.5 Å². The fourth-order valence-corrected chi connectivity index (χ4v) is 2.58. The molecule has 0 unspecified atom stereocenters. The summed E-state index contributed by atoms with van der Waals surface area (Å²) in [7, 11) is 0. The lowest BCUT2D eigenvalue weighted by Gasteiger charge is -1.98. The zero-order valence-electron chi connectivity index (χ0n) is 11.6. The largest absolute Gasteiger partial charge is 0.399 e. The van der Waals surface area contributed by atoms with Crippen LogP contribution < -0.4 is 5.73 Å². The van der Waals surface area contributed by atoms with Gasteiger partial charge in [0, 0.05) is 16.1 Å². The number of nitrogens with zero attached hydrogens (tertiary/aromatic N) is 2. The van der Waals surface area contributed by atoms with E-state index in [1.165, 1.54) is 10.5 Å². The second-order valence-corrected chi connectivity index (χ2v) is 5.79. The van der Waals surface area contributed by atoms with Gasteiger partial charge in [-0.1, -0.05) is 22.9 Å². The van der Waals surface area contributed by atoms with Crippen LogP contribution >= 0.6 is 11.8 Å². The number of benzene rings is 2. The summed E-state index contributed by atoms with van der Waals surface area (Å²) in [6.45, 7) is 2.08. The Morgan fingerprint density at radius 1 is 1.05 bits per heavy atom. The van der Waals surface area contributed by atoms with E-state index in [-0.39, 0.29) is 0 Å². The summed E-state index contributed by atoms with van der Waals surface area (Å²) in [6, 6.07) is 15.8. The molecule has 4 nitrogen and oxygen atoms in total. The predicted molar refractivity (Wildman–Crippen MR) is 84.9 cm³/mol. The Kier molecular flexibility index (Phi) is 3.92. The van der Waals surface area contributed by atoms with Crippen LogP contribution in [0.1, 0.15) is 11.4 Å². The first-order valence-corrected chi connectivity index (χ1v) is 7.57. The Morgan fingerprint density at radius 2 is 1.76 bits per heavy atom. The van der Waals surface area contributed by atoms with Crippen molar-refractivity contribution >= 4 is 17.4 Å². The van der Waals surface area contributed by atoms with Crippen molar-refractivity contribution in [2.45, 2.75) is 17.6 Å². The van der Waals surface area contributed by atoms with E-state index in [1.54, 1.807) is 11.8 Å². The second-order valence-electron chi connectivity index (χ2n) is 4.74. The lowest BCUT2D eigenvalue weighted by atomic mass is 10.2. The first-order valence-electron chi connectivity index (χ1n) is 6.59. The Morgan fingerprint density at radius 3 is 2.48 bits per heavy atom. The van der Waals surface area contributed by atoms with Gasteiger partial charge in [0.15, 0.2) is 5.82 Å². The van der Waals surface area contributed by atoms with E-state index < -0.39 is 0 Å². The highest BCUT2D eigenvalue weighted by atomic mass is 32.2. The maximum Gasteiger partial charge on any atom is 0.257 e. The lowest BCUT2D eigenvalue weighted by Crippen LogP contribution is -1.86. The van der Waals surface area contributed by atoms with Crippen molar-refractivity contribution in [2.24, 2.45) is 0 Å². The third kappa shape index (κ3) is 3.44. The molecule has 0 bridgehead atoms. The highest BCUT2D eigenvalue weighted by Crippen LogP contribution is 2.24. The summed E-state index contributed by atoms with van der Waals surface area (Å²) >= 11 is 1.69. The summed E-state index contributed by atoms with van der Waals surface area (Å²) in [5, 5.41) is 4.01. The third-order valence-corrected chi connectivity index (χ3v) is 4.02. The fourth-order valence-electron chi connectivity index (χ4n) is 1.84. The lowest BCUT2D eigenvalue weighted by molar-refractivity contribution is 0.425. The molecule has 0 amide bonds. The molecule has 3 aromatic rings. The molecular weight excluding hydrogens is 282 g/mol. The molecule has 0 fully saturated rings. The van der Waals surface area contributed by atoms with Gasteiger partial charge in [-0.05, 0) is 43.3 Å². The number of anilines is 1. The quantitative estimate of drug-likeness (QED) is 0.584. The summed E-state index contributed by atoms with van der Waals surface area (Å²) in [4.78, 5) is 5.60. The van der Waals surface area contributed by atoms with E-state index in [1.807, 2.05) is 24.3 Å². The molecule has 0 aliphatic rings. The molecular formula is C16H15N3OS. The molecule has 5 heteroatoms. The van der Waals surface area contributed by atoms with Gasteiger partial charge in [-0.2, -0.15) is 4.98 Å². The molecule has 0 atom stereocenters. The summed E-state index contributed by atoms with van der Waals surface area (Å²) in [6.07, 6.45) is 0. The molecule has 0 aliphatic heterocycles. The fraction of sp³-hybridized carbons (Fsp3) is 0.125. The van der Waals surface area contributed by atoms with Crippen LogP contribution in [-0.4, -0.2) is 10.1 Å². The topological polar surface area (TPSA) is 64.9 Å². The Hall–Kier alpha value is -2.27. The van der Waals surface area contributed by atoms with Crippen molar-refractivity contribution in [1.82, 2.24) is 10.1 Å². The minimum Gasteiger partial charge on any atom is -0.399 e. The van der Waals surface area contributed by atoms with Gasteiger partial charge in [0.05, 0.1) is 5.75 Å². The molecule has 0 saturated carbocycles. The smallest absolute Gasteiger partial charge is 0.257 e. The molecule has 0 radical (unpaired) electrons. The van der Waals surface area contributed by atoms with Crippen molar-refractivity contribution in [2.75, 3.05) is 5.73 Å². The molecule has 1 aromatic heterocycles. The van der Waals surface area contributed by atoms with Gasteiger partial charge in [-0.25, -0.2) is 0 Å². The first kappa shape index (κ1) is 13.7. The second kappa shape index (κ2) is 6.01. The predicted octanol–water partition coefficient (Wildman–Crippen LogP) is 3.92. The number of rotatable bonds is 4. The van der Waals surface area contributed by atoms with Crippen LogP contribution in [0.5, 0.6) is 0 Å². The molecule has 0 saturated heterocycles. The normalized spacial score (nSPS) is 10.7. The first-order chi connectivity index (χ1) is 10.2. The minimum absolute atomic E-state index is 0.523. The van der Waals surface area contributed by atoms with Gasteiger partial charge in [0.25, 0.3) is 5.89 Å². The highest BCUT2D eigenvalue weighted by Gasteiger charge is 2.09. The van der Waals surface area contributed by atoms with Gasteiger partial charge < -0.3 is 10.3 Å². The molecule has 0 aliphatic carbocycles. The number of aromatic nitrogens is 2. The van der Waals surface area contributed by atoms with Crippen LogP contribution in [0, 0.1) is 6.92 Å². The van der Waals surface area contributed by atoms with E-state index >= 15 is 0 Å². The molecule has 3 rings (SSSR count). The molecule has 1 heterocycles. The van der Waals surface area contributed by atoms with Crippen LogP contribution in [-0.2, 0) is 5.75 Å². The standard InChI is InChI=1S/C16H15N3OS/c1-11-2-8-14(9-3-11)21-10-15-18-16(20-19-15)12-4-6-13(17)7-5-12/h2-9H,10,17H2,1H3. The van der Waals surface area contributed by atoms with E-state index in [0.717, 1.165) is 5.56 Å². The Labute approximate surface area is 127 Å². The van der Waals surface area contributed by atoms with E-state index in [2.05, 4.69) is 41.3 Å². The van der Waals surface area contributed by atoms with Crippen LogP contribution in [0.15, 0.2) is 57.9 Å². The van der Waals surface area contributed by atoms with Crippen molar-refractivity contribution in [1.29, 1.82) is 0 Å². The summed E-state index contributed by atoms with van der Waals surface area (Å²) in [5.74, 6) is 1.89. The monoisotopic (exact) mass is 297 g/mol.